The summed E-state index contributed by atoms with van der Waals surface area (Å²) >= 11 is 0. The molecule has 3 aliphatic heterocycles. The topological polar surface area (TPSA) is 60.0 Å². The van der Waals surface area contributed by atoms with Gasteiger partial charge >= 0.3 is 0 Å². The van der Waals surface area contributed by atoms with Crippen molar-refractivity contribution in [2.24, 2.45) is 0 Å². The van der Waals surface area contributed by atoms with Crippen LogP contribution in [-0.4, -0.2) is 13.1 Å². The van der Waals surface area contributed by atoms with Crippen LogP contribution in [0.15, 0.2) is 52.5 Å². The highest BCUT2D eigenvalue weighted by Crippen LogP contribution is 2.49. The number of rotatable bonds is 2. The largest absolute Gasteiger partial charge is 0.462 e. The predicted octanol–water partition coefficient (Wildman–Crippen LogP) is 6.42. The van der Waals surface area contributed by atoms with Crippen LogP contribution in [0.3, 0.4) is 0 Å². The number of hydrogen-bond donors (Lipinski definition) is 0. The minimum Gasteiger partial charge on any atom is -0.462 e. The summed E-state index contributed by atoms with van der Waals surface area (Å²) in [5, 5.41) is 18.7. The summed E-state index contributed by atoms with van der Waals surface area (Å²) < 4.78 is 5.96. The van der Waals surface area contributed by atoms with Crippen LogP contribution in [0.1, 0.15) is 71.1 Å². The van der Waals surface area contributed by atoms with Crippen LogP contribution in [0.25, 0.3) is 6.08 Å². The molecule has 0 bridgehead atoms. The van der Waals surface area contributed by atoms with E-state index in [4.69, 9.17) is 4.74 Å². The molecule has 0 N–H and O–H groups in total. The normalized spacial score (nSPS) is 20.8. The van der Waals surface area contributed by atoms with Crippen LogP contribution < -0.4 is 4.90 Å². The Bertz CT molecular complexity index is 1140. The van der Waals surface area contributed by atoms with Crippen LogP contribution >= 0.6 is 0 Å². The predicted molar refractivity (Wildman–Crippen MR) is 129 cm³/mol. The lowest BCUT2D eigenvalue weighted by molar-refractivity contribution is 0.313. The minimum atomic E-state index is 0.109. The zero-order valence-electron chi connectivity index (χ0n) is 20.0. The van der Waals surface area contributed by atoms with Gasteiger partial charge in [0.2, 0.25) is 0 Å². The van der Waals surface area contributed by atoms with Crippen molar-refractivity contribution >= 4 is 11.8 Å². The van der Waals surface area contributed by atoms with Crippen molar-refractivity contribution in [2.75, 3.05) is 18.0 Å². The van der Waals surface area contributed by atoms with Crippen molar-refractivity contribution in [3.05, 3.63) is 69.2 Å². The van der Waals surface area contributed by atoms with Crippen LogP contribution in [0.5, 0.6) is 0 Å². The van der Waals surface area contributed by atoms with Gasteiger partial charge in [-0.3, -0.25) is 0 Å². The molecule has 0 aromatic heterocycles. The van der Waals surface area contributed by atoms with E-state index in [1.165, 1.54) is 16.8 Å². The first kappa shape index (κ1) is 22.0. The Morgan fingerprint density at radius 3 is 2.06 bits per heavy atom. The lowest BCUT2D eigenvalue weighted by atomic mass is 9.69. The Morgan fingerprint density at radius 1 is 0.969 bits per heavy atom. The second-order valence-corrected chi connectivity index (χ2v) is 10.4. The second-order valence-electron chi connectivity index (χ2n) is 10.4. The van der Waals surface area contributed by atoms with E-state index in [0.717, 1.165) is 37.1 Å². The molecule has 3 aliphatic rings. The number of anilines is 1. The Kier molecular flexibility index (Phi) is 5.30. The van der Waals surface area contributed by atoms with E-state index in [1.807, 2.05) is 32.1 Å². The molecule has 0 saturated carbocycles. The first-order valence-corrected chi connectivity index (χ1v) is 11.3. The summed E-state index contributed by atoms with van der Waals surface area (Å²) in [6.07, 6.45) is 8.14. The summed E-state index contributed by atoms with van der Waals surface area (Å²) in [7, 11) is 0. The van der Waals surface area contributed by atoms with Crippen molar-refractivity contribution in [2.45, 2.75) is 65.2 Å². The minimum absolute atomic E-state index is 0.109. The molecule has 0 aliphatic carbocycles. The fourth-order valence-electron chi connectivity index (χ4n) is 4.95. The van der Waals surface area contributed by atoms with Gasteiger partial charge in [-0.1, -0.05) is 33.8 Å². The van der Waals surface area contributed by atoms with Gasteiger partial charge in [0.05, 0.1) is 0 Å². The molecule has 164 valence electrons. The van der Waals surface area contributed by atoms with Crippen molar-refractivity contribution in [3.63, 3.8) is 0 Å². The summed E-state index contributed by atoms with van der Waals surface area (Å²) in [6.45, 7) is 15.4. The molecule has 0 fully saturated rings. The quantitative estimate of drug-likeness (QED) is 0.513. The first-order valence-electron chi connectivity index (χ1n) is 11.3. The highest BCUT2D eigenvalue weighted by Gasteiger charge is 2.39. The maximum absolute atomic E-state index is 9.33. The maximum atomic E-state index is 9.33. The van der Waals surface area contributed by atoms with Gasteiger partial charge in [0.25, 0.3) is 0 Å². The zero-order chi connectivity index (χ0) is 23.3. The van der Waals surface area contributed by atoms with Gasteiger partial charge in [-0.2, -0.15) is 10.5 Å². The van der Waals surface area contributed by atoms with E-state index in [-0.39, 0.29) is 16.4 Å². The van der Waals surface area contributed by atoms with Crippen LogP contribution in [0, 0.1) is 22.7 Å². The average Bonchev–Trinajstić information content (AvgIpc) is 2.74. The highest BCUT2D eigenvalue weighted by atomic mass is 16.5. The number of allylic oxidation sites excluding steroid dienone is 6. The number of hydrogen-bond acceptors (Lipinski definition) is 4. The van der Waals surface area contributed by atoms with E-state index in [2.05, 4.69) is 50.8 Å². The van der Waals surface area contributed by atoms with E-state index < -0.39 is 0 Å². The lowest BCUT2D eigenvalue weighted by Gasteiger charge is -2.48. The van der Waals surface area contributed by atoms with Gasteiger partial charge in [-0.25, -0.2) is 0 Å². The second kappa shape index (κ2) is 7.72. The summed E-state index contributed by atoms with van der Waals surface area (Å²) in [4.78, 5) is 2.57. The molecule has 1 aromatic rings. The molecular formula is C28H31N3O. The number of benzene rings is 1. The molecule has 3 heterocycles. The highest BCUT2D eigenvalue weighted by molar-refractivity contribution is 5.72. The Morgan fingerprint density at radius 2 is 1.53 bits per heavy atom. The first-order chi connectivity index (χ1) is 15.1. The van der Waals surface area contributed by atoms with Crippen molar-refractivity contribution in [1.29, 1.82) is 10.5 Å². The van der Waals surface area contributed by atoms with Gasteiger partial charge in [-0.05, 0) is 84.1 Å². The Balaban J connectivity index is 1.79. The van der Waals surface area contributed by atoms with E-state index in [0.29, 0.717) is 17.1 Å². The van der Waals surface area contributed by atoms with E-state index in [9.17, 15) is 10.5 Å². The lowest BCUT2D eigenvalue weighted by Crippen LogP contribution is -2.44. The number of nitrogens with zero attached hydrogens (tertiary/aromatic N) is 3. The number of nitriles is 2. The fourth-order valence-corrected chi connectivity index (χ4v) is 4.95. The molecule has 0 radical (unpaired) electrons. The monoisotopic (exact) mass is 425 g/mol. The Hall–Kier alpha value is -3.24. The van der Waals surface area contributed by atoms with Crippen molar-refractivity contribution < 1.29 is 4.74 Å². The van der Waals surface area contributed by atoms with Crippen LogP contribution in [-0.2, 0) is 15.6 Å². The SMILES string of the molecule is CC1=C(C)C(=C(C#N)C#N)C=C(/C=C/c2cc3c4c(c2)C(C)(C)CCN4CCC3(C)C)O1. The molecule has 0 atom stereocenters. The van der Waals surface area contributed by atoms with Crippen molar-refractivity contribution in [3.8, 4) is 12.1 Å². The summed E-state index contributed by atoms with van der Waals surface area (Å²) in [5.41, 5.74) is 7.29. The number of ether oxygens (including phenoxy) is 1. The molecule has 0 spiro atoms. The molecule has 1 aromatic carbocycles. The van der Waals surface area contributed by atoms with Crippen LogP contribution in [0.4, 0.5) is 5.69 Å². The zero-order valence-corrected chi connectivity index (χ0v) is 20.0. The van der Waals surface area contributed by atoms with Gasteiger partial charge in [0, 0.05) is 24.4 Å². The molecular weight excluding hydrogens is 394 g/mol. The summed E-state index contributed by atoms with van der Waals surface area (Å²) in [5.74, 6) is 1.35. The third-order valence-corrected chi connectivity index (χ3v) is 7.34. The van der Waals surface area contributed by atoms with Gasteiger partial charge in [0.15, 0.2) is 0 Å². The third-order valence-electron chi connectivity index (χ3n) is 7.34. The van der Waals surface area contributed by atoms with Gasteiger partial charge in [0.1, 0.15) is 29.2 Å². The Labute approximate surface area is 191 Å². The molecule has 4 nitrogen and oxygen atoms in total. The average molecular weight is 426 g/mol. The van der Waals surface area contributed by atoms with Gasteiger partial charge in [-0.15, -0.1) is 0 Å². The third kappa shape index (κ3) is 3.65. The van der Waals surface area contributed by atoms with E-state index >= 15 is 0 Å². The molecule has 0 unspecified atom stereocenters. The molecule has 32 heavy (non-hydrogen) atoms. The molecule has 0 amide bonds. The molecule has 4 rings (SSSR count). The fraction of sp³-hybridized carbons (Fsp3) is 0.429. The van der Waals surface area contributed by atoms with Gasteiger partial charge < -0.3 is 9.64 Å². The smallest absolute Gasteiger partial charge is 0.137 e. The molecule has 0 saturated heterocycles. The van der Waals surface area contributed by atoms with Crippen molar-refractivity contribution in [1.82, 2.24) is 0 Å². The van der Waals surface area contributed by atoms with E-state index in [1.54, 1.807) is 6.08 Å². The molecule has 4 heteroatoms. The maximum Gasteiger partial charge on any atom is 0.137 e. The summed E-state index contributed by atoms with van der Waals surface area (Å²) in [6, 6.07) is 8.65. The van der Waals surface area contributed by atoms with Crippen LogP contribution in [0.2, 0.25) is 0 Å². The standard InChI is InChI=1S/C28H31N3O/c1-18-19(2)32-22(15-23(18)21(16-29)17-30)8-7-20-13-24-26-25(14-20)28(5,6)10-12-31(26)11-9-27(24,3)4/h7-8,13-15H,9-12H2,1-6H3/b8-7+.